The maximum atomic E-state index is 11.8. The molecule has 1 rings (SSSR count). The molecule has 0 unspecified atom stereocenters. The largest absolute Gasteiger partial charge is 0.370 e. The summed E-state index contributed by atoms with van der Waals surface area (Å²) >= 11 is 6.01. The van der Waals surface area contributed by atoms with Crippen LogP contribution >= 0.6 is 11.6 Å². The standard InChI is InChI=1S/C15H23ClN4O/c1-3-4-9-18-15(17)19-10-8-14(21)20-13-7-5-6-12(16)11(13)2/h5-7H,3-4,8-10H2,1-2H3,(H,20,21)(H3,17,18,19). The third-order valence-corrected chi connectivity index (χ3v) is 3.40. The van der Waals surface area contributed by atoms with Crippen molar-refractivity contribution in [2.75, 3.05) is 18.4 Å². The highest BCUT2D eigenvalue weighted by atomic mass is 35.5. The zero-order valence-electron chi connectivity index (χ0n) is 12.6. The molecule has 0 saturated carbocycles. The van der Waals surface area contributed by atoms with E-state index in [9.17, 15) is 4.79 Å². The molecular formula is C15H23ClN4O. The average Bonchev–Trinajstić information content (AvgIpc) is 2.44. The minimum Gasteiger partial charge on any atom is -0.370 e. The molecule has 1 aromatic carbocycles. The fourth-order valence-electron chi connectivity index (χ4n) is 1.67. The van der Waals surface area contributed by atoms with Gasteiger partial charge in [0.05, 0.1) is 0 Å². The van der Waals surface area contributed by atoms with Crippen molar-refractivity contribution in [3.05, 3.63) is 28.8 Å². The summed E-state index contributed by atoms with van der Waals surface area (Å²) in [6.45, 7) is 5.13. The summed E-state index contributed by atoms with van der Waals surface area (Å²) < 4.78 is 0. The molecule has 4 N–H and O–H groups in total. The lowest BCUT2D eigenvalue weighted by Crippen LogP contribution is -2.34. The van der Waals surface area contributed by atoms with Crippen LogP contribution in [-0.4, -0.2) is 25.0 Å². The number of nitrogens with one attached hydrogen (secondary N) is 2. The normalized spacial score (nSPS) is 11.3. The van der Waals surface area contributed by atoms with Gasteiger partial charge >= 0.3 is 0 Å². The van der Waals surface area contributed by atoms with E-state index in [0.717, 1.165) is 24.1 Å². The number of carbonyl (C=O) groups is 1. The summed E-state index contributed by atoms with van der Waals surface area (Å²) in [5, 5.41) is 6.40. The van der Waals surface area contributed by atoms with Crippen LogP contribution in [0.15, 0.2) is 23.2 Å². The first-order valence-electron chi connectivity index (χ1n) is 7.13. The quantitative estimate of drug-likeness (QED) is 0.411. The van der Waals surface area contributed by atoms with Crippen molar-refractivity contribution in [3.63, 3.8) is 0 Å². The second kappa shape index (κ2) is 9.23. The molecule has 0 heterocycles. The van der Waals surface area contributed by atoms with Crippen molar-refractivity contribution in [2.24, 2.45) is 10.7 Å². The van der Waals surface area contributed by atoms with Gasteiger partial charge in [-0.2, -0.15) is 0 Å². The Morgan fingerprint density at radius 2 is 2.19 bits per heavy atom. The SMILES string of the molecule is CCCCN=C(N)NCCC(=O)Nc1cccc(Cl)c1C. The molecule has 0 fully saturated rings. The maximum Gasteiger partial charge on any atom is 0.226 e. The Hall–Kier alpha value is -1.75. The number of nitrogens with zero attached hydrogens (tertiary/aromatic N) is 1. The van der Waals surface area contributed by atoms with Crippen LogP contribution in [0.5, 0.6) is 0 Å². The maximum absolute atomic E-state index is 11.8. The van der Waals surface area contributed by atoms with Crippen molar-refractivity contribution < 1.29 is 4.79 Å². The summed E-state index contributed by atoms with van der Waals surface area (Å²) in [6, 6.07) is 5.43. The fourth-order valence-corrected chi connectivity index (χ4v) is 1.85. The smallest absolute Gasteiger partial charge is 0.226 e. The lowest BCUT2D eigenvalue weighted by molar-refractivity contribution is -0.116. The first-order valence-corrected chi connectivity index (χ1v) is 7.51. The van der Waals surface area contributed by atoms with Gasteiger partial charge in [-0.25, -0.2) is 0 Å². The van der Waals surface area contributed by atoms with E-state index in [1.807, 2.05) is 19.1 Å². The molecule has 1 aromatic rings. The Morgan fingerprint density at radius 3 is 2.90 bits per heavy atom. The van der Waals surface area contributed by atoms with E-state index in [-0.39, 0.29) is 5.91 Å². The Kier molecular flexibility index (Phi) is 7.61. The van der Waals surface area contributed by atoms with Crippen molar-refractivity contribution >= 4 is 29.2 Å². The number of hydrogen-bond donors (Lipinski definition) is 3. The number of rotatable bonds is 7. The van der Waals surface area contributed by atoms with E-state index in [2.05, 4.69) is 22.5 Å². The number of aliphatic imine (C=N–C) groups is 1. The van der Waals surface area contributed by atoms with Gasteiger partial charge in [0, 0.05) is 30.2 Å². The van der Waals surface area contributed by atoms with E-state index in [1.54, 1.807) is 6.07 Å². The summed E-state index contributed by atoms with van der Waals surface area (Å²) in [7, 11) is 0. The molecule has 0 saturated heterocycles. The topological polar surface area (TPSA) is 79.5 Å². The highest BCUT2D eigenvalue weighted by Crippen LogP contribution is 2.22. The van der Waals surface area contributed by atoms with E-state index in [1.165, 1.54) is 0 Å². The molecule has 0 aliphatic rings. The lowest BCUT2D eigenvalue weighted by Gasteiger charge is -2.10. The fraction of sp³-hybridized carbons (Fsp3) is 0.467. The molecule has 0 radical (unpaired) electrons. The van der Waals surface area contributed by atoms with Gasteiger partial charge in [-0.15, -0.1) is 0 Å². The number of hydrogen-bond acceptors (Lipinski definition) is 2. The van der Waals surface area contributed by atoms with Gasteiger partial charge < -0.3 is 16.4 Å². The Morgan fingerprint density at radius 1 is 1.43 bits per heavy atom. The highest BCUT2D eigenvalue weighted by Gasteiger charge is 2.06. The van der Waals surface area contributed by atoms with Gasteiger partial charge in [0.2, 0.25) is 5.91 Å². The molecule has 0 aliphatic carbocycles. The van der Waals surface area contributed by atoms with Gasteiger partial charge in [0.25, 0.3) is 0 Å². The predicted molar refractivity (Wildman–Crippen MR) is 88.8 cm³/mol. The number of carbonyl (C=O) groups excluding carboxylic acids is 1. The van der Waals surface area contributed by atoms with Crippen LogP contribution in [0.3, 0.4) is 0 Å². The van der Waals surface area contributed by atoms with Crippen molar-refractivity contribution in [3.8, 4) is 0 Å². The molecule has 5 nitrogen and oxygen atoms in total. The van der Waals surface area contributed by atoms with Gasteiger partial charge in [-0.1, -0.05) is 31.0 Å². The van der Waals surface area contributed by atoms with Crippen LogP contribution in [0, 0.1) is 6.92 Å². The number of halogens is 1. The summed E-state index contributed by atoms with van der Waals surface area (Å²) in [5.41, 5.74) is 7.28. The summed E-state index contributed by atoms with van der Waals surface area (Å²) in [4.78, 5) is 16.0. The molecule has 116 valence electrons. The number of guanidine groups is 1. The minimum atomic E-state index is -0.0887. The summed E-state index contributed by atoms with van der Waals surface area (Å²) in [5.74, 6) is 0.296. The van der Waals surface area contributed by atoms with E-state index in [4.69, 9.17) is 17.3 Å². The van der Waals surface area contributed by atoms with E-state index in [0.29, 0.717) is 30.5 Å². The predicted octanol–water partition coefficient (Wildman–Crippen LogP) is 2.68. The van der Waals surface area contributed by atoms with Crippen LogP contribution in [0.4, 0.5) is 5.69 Å². The monoisotopic (exact) mass is 310 g/mol. The second-order valence-corrected chi connectivity index (χ2v) is 5.17. The van der Waals surface area contributed by atoms with Crippen molar-refractivity contribution in [1.29, 1.82) is 0 Å². The molecule has 0 spiro atoms. The third kappa shape index (κ3) is 6.49. The molecule has 0 bridgehead atoms. The Balaban J connectivity index is 2.34. The Labute approximate surface area is 131 Å². The molecule has 6 heteroatoms. The molecule has 0 atom stereocenters. The van der Waals surface area contributed by atoms with Crippen molar-refractivity contribution in [1.82, 2.24) is 5.32 Å². The molecular weight excluding hydrogens is 288 g/mol. The minimum absolute atomic E-state index is 0.0887. The average molecular weight is 311 g/mol. The van der Waals surface area contributed by atoms with E-state index < -0.39 is 0 Å². The van der Waals surface area contributed by atoms with Gasteiger partial charge in [0.15, 0.2) is 5.96 Å². The molecule has 1 amide bonds. The Bertz CT molecular complexity index is 502. The van der Waals surface area contributed by atoms with Crippen LogP contribution in [0.2, 0.25) is 5.02 Å². The third-order valence-electron chi connectivity index (χ3n) is 2.99. The zero-order chi connectivity index (χ0) is 15.7. The number of anilines is 1. The van der Waals surface area contributed by atoms with Crippen molar-refractivity contribution in [2.45, 2.75) is 33.1 Å². The van der Waals surface area contributed by atoms with Gasteiger partial charge in [-0.3, -0.25) is 9.79 Å². The molecule has 21 heavy (non-hydrogen) atoms. The first kappa shape index (κ1) is 17.3. The number of nitrogens with two attached hydrogens (primary N) is 1. The van der Waals surface area contributed by atoms with Crippen LogP contribution in [0.25, 0.3) is 0 Å². The van der Waals surface area contributed by atoms with Gasteiger partial charge in [0.1, 0.15) is 0 Å². The number of benzene rings is 1. The van der Waals surface area contributed by atoms with Crippen LogP contribution in [0.1, 0.15) is 31.7 Å². The summed E-state index contributed by atoms with van der Waals surface area (Å²) in [6.07, 6.45) is 2.41. The highest BCUT2D eigenvalue weighted by molar-refractivity contribution is 6.31. The number of amides is 1. The second-order valence-electron chi connectivity index (χ2n) is 4.76. The lowest BCUT2D eigenvalue weighted by atomic mass is 10.2. The van der Waals surface area contributed by atoms with Crippen LogP contribution in [-0.2, 0) is 4.79 Å². The van der Waals surface area contributed by atoms with E-state index >= 15 is 0 Å². The first-order chi connectivity index (χ1) is 10.0. The number of unbranched alkanes of at least 4 members (excludes halogenated alkanes) is 1. The molecule has 0 aromatic heterocycles. The zero-order valence-corrected chi connectivity index (χ0v) is 13.3. The van der Waals surface area contributed by atoms with Gasteiger partial charge in [-0.05, 0) is 31.0 Å². The van der Waals surface area contributed by atoms with Crippen LogP contribution < -0.4 is 16.4 Å². The molecule has 0 aliphatic heterocycles.